The molecule has 1 aliphatic rings. The van der Waals surface area contributed by atoms with Gasteiger partial charge in [0.1, 0.15) is 5.82 Å². The second-order valence-electron chi connectivity index (χ2n) is 7.46. The van der Waals surface area contributed by atoms with Crippen molar-refractivity contribution in [2.24, 2.45) is 0 Å². The Kier molecular flexibility index (Phi) is 5.80. The van der Waals surface area contributed by atoms with Crippen LogP contribution >= 0.6 is 15.9 Å². The number of fused-ring (bicyclic) bond motifs is 1. The number of hydrogen-bond donors (Lipinski definition) is 0. The monoisotopic (exact) mass is 443 g/mol. The van der Waals surface area contributed by atoms with Crippen LogP contribution in [0.2, 0.25) is 0 Å². The summed E-state index contributed by atoms with van der Waals surface area (Å²) in [4.78, 5) is 19.8. The quantitative estimate of drug-likeness (QED) is 0.573. The van der Waals surface area contributed by atoms with Crippen LogP contribution in [-0.4, -0.2) is 43.2 Å². The van der Waals surface area contributed by atoms with E-state index in [0.717, 1.165) is 54.7 Å². The van der Waals surface area contributed by atoms with Crippen LogP contribution in [0.5, 0.6) is 0 Å². The highest BCUT2D eigenvalue weighted by molar-refractivity contribution is 9.10. The van der Waals surface area contributed by atoms with Crippen molar-refractivity contribution < 1.29 is 4.79 Å². The maximum Gasteiger partial charge on any atom is 0.224 e. The largest absolute Gasteiger partial charge is 0.342 e. The van der Waals surface area contributed by atoms with Gasteiger partial charge in [0.25, 0.3) is 0 Å². The number of imidazole rings is 1. The topological polar surface area (TPSA) is 56.0 Å². The van der Waals surface area contributed by atoms with E-state index >= 15 is 0 Å². The predicted octanol–water partition coefficient (Wildman–Crippen LogP) is 4.20. The Morgan fingerprint density at radius 1 is 1.29 bits per heavy atom. The lowest BCUT2D eigenvalue weighted by molar-refractivity contribution is -0.132. The number of aryl methyl sites for hydroxylation is 2. The lowest BCUT2D eigenvalue weighted by Gasteiger charge is -2.33. The number of rotatable bonds is 6. The summed E-state index contributed by atoms with van der Waals surface area (Å²) in [5, 5.41) is 4.24. The number of hydrogen-bond acceptors (Lipinski definition) is 3. The summed E-state index contributed by atoms with van der Waals surface area (Å²) in [5.41, 5.74) is 2.26. The third-order valence-electron chi connectivity index (χ3n) is 5.43. The minimum absolute atomic E-state index is 0.203. The van der Waals surface area contributed by atoms with Crippen molar-refractivity contribution in [3.63, 3.8) is 0 Å². The van der Waals surface area contributed by atoms with E-state index in [1.54, 1.807) is 6.20 Å². The molecule has 6 nitrogen and oxygen atoms in total. The normalized spacial score (nSPS) is 17.4. The minimum Gasteiger partial charge on any atom is -0.342 e. The second kappa shape index (κ2) is 8.47. The van der Waals surface area contributed by atoms with E-state index in [0.29, 0.717) is 18.9 Å². The molecule has 4 rings (SSSR count). The van der Waals surface area contributed by atoms with Crippen molar-refractivity contribution in [1.82, 2.24) is 24.2 Å². The number of halogens is 1. The molecule has 3 aromatic rings. The first-order chi connectivity index (χ1) is 13.7. The van der Waals surface area contributed by atoms with Gasteiger partial charge in [0.15, 0.2) is 0 Å². The highest BCUT2D eigenvalue weighted by Gasteiger charge is 2.28. The summed E-state index contributed by atoms with van der Waals surface area (Å²) < 4.78 is 5.10. The number of amides is 1. The first-order valence-corrected chi connectivity index (χ1v) is 10.9. The van der Waals surface area contributed by atoms with Gasteiger partial charge in [0, 0.05) is 44.7 Å². The van der Waals surface area contributed by atoms with Gasteiger partial charge < -0.3 is 9.47 Å². The van der Waals surface area contributed by atoms with Crippen LogP contribution in [0.15, 0.2) is 41.1 Å². The van der Waals surface area contributed by atoms with E-state index in [-0.39, 0.29) is 5.91 Å². The molecule has 0 radical (unpaired) electrons. The van der Waals surface area contributed by atoms with Crippen molar-refractivity contribution >= 4 is 32.9 Å². The predicted molar refractivity (Wildman–Crippen MR) is 113 cm³/mol. The van der Waals surface area contributed by atoms with E-state index in [1.807, 2.05) is 21.8 Å². The number of likely N-dealkylation sites (tertiary alicyclic amines) is 1. The van der Waals surface area contributed by atoms with Crippen molar-refractivity contribution in [2.75, 3.05) is 13.1 Å². The van der Waals surface area contributed by atoms with Crippen LogP contribution in [-0.2, 0) is 17.9 Å². The summed E-state index contributed by atoms with van der Waals surface area (Å²) in [6.45, 7) is 5.37. The second-order valence-corrected chi connectivity index (χ2v) is 8.38. The van der Waals surface area contributed by atoms with E-state index < -0.39 is 0 Å². The van der Waals surface area contributed by atoms with E-state index in [9.17, 15) is 4.79 Å². The van der Waals surface area contributed by atoms with Gasteiger partial charge >= 0.3 is 0 Å². The number of benzene rings is 1. The van der Waals surface area contributed by atoms with Crippen LogP contribution in [0.25, 0.3) is 11.0 Å². The van der Waals surface area contributed by atoms with Crippen LogP contribution in [0.1, 0.15) is 44.3 Å². The average molecular weight is 444 g/mol. The van der Waals surface area contributed by atoms with E-state index in [4.69, 9.17) is 4.98 Å². The molecule has 148 valence electrons. The van der Waals surface area contributed by atoms with Gasteiger partial charge in [-0.2, -0.15) is 5.10 Å². The summed E-state index contributed by atoms with van der Waals surface area (Å²) in [6.07, 6.45) is 7.31. The molecule has 1 aromatic carbocycles. The molecule has 0 aliphatic carbocycles. The number of para-hydroxylation sites is 2. The van der Waals surface area contributed by atoms with Gasteiger partial charge in [-0.05, 0) is 47.3 Å². The zero-order valence-electron chi connectivity index (χ0n) is 16.2. The fourth-order valence-electron chi connectivity index (χ4n) is 4.11. The summed E-state index contributed by atoms with van der Waals surface area (Å²) in [5.74, 6) is 1.64. The molecule has 7 heteroatoms. The number of aromatic nitrogens is 4. The van der Waals surface area contributed by atoms with Gasteiger partial charge in [0.2, 0.25) is 5.91 Å². The van der Waals surface area contributed by atoms with Gasteiger partial charge in [0.05, 0.1) is 21.7 Å². The van der Waals surface area contributed by atoms with Crippen LogP contribution in [0, 0.1) is 0 Å². The van der Waals surface area contributed by atoms with Crippen molar-refractivity contribution in [2.45, 2.75) is 51.6 Å². The zero-order valence-corrected chi connectivity index (χ0v) is 17.8. The standard InChI is InChI=1S/C21H26BrN5O/c1-2-10-27-19-8-4-3-7-18(19)24-21(27)16-6-5-11-25(14-16)20(28)9-12-26-15-17(22)13-23-26/h3-4,7-8,13,15-16H,2,5-6,9-12,14H2,1H3. The smallest absolute Gasteiger partial charge is 0.224 e. The highest BCUT2D eigenvalue weighted by atomic mass is 79.9. The van der Waals surface area contributed by atoms with E-state index in [1.165, 1.54) is 5.52 Å². The molecule has 0 bridgehead atoms. The summed E-state index contributed by atoms with van der Waals surface area (Å²) in [6, 6.07) is 8.35. The van der Waals surface area contributed by atoms with E-state index in [2.05, 4.69) is 50.7 Å². The lowest BCUT2D eigenvalue weighted by atomic mass is 9.96. The Balaban J connectivity index is 1.48. The lowest BCUT2D eigenvalue weighted by Crippen LogP contribution is -2.40. The molecular formula is C21H26BrN5O. The van der Waals surface area contributed by atoms with Crippen LogP contribution in [0.3, 0.4) is 0 Å². The first kappa shape index (κ1) is 19.2. The Bertz CT molecular complexity index is 963. The molecule has 0 N–H and O–H groups in total. The van der Waals surface area contributed by atoms with Crippen molar-refractivity contribution in [1.29, 1.82) is 0 Å². The fourth-order valence-corrected chi connectivity index (χ4v) is 4.44. The molecule has 1 saturated heterocycles. The summed E-state index contributed by atoms with van der Waals surface area (Å²) >= 11 is 3.40. The first-order valence-electron chi connectivity index (χ1n) is 10.1. The molecular weight excluding hydrogens is 418 g/mol. The number of carbonyl (C=O) groups is 1. The van der Waals surface area contributed by atoms with Crippen LogP contribution < -0.4 is 0 Å². The molecule has 1 atom stereocenters. The fraction of sp³-hybridized carbons (Fsp3) is 0.476. The number of piperidine rings is 1. The molecule has 1 aliphatic heterocycles. The zero-order chi connectivity index (χ0) is 19.5. The summed E-state index contributed by atoms with van der Waals surface area (Å²) in [7, 11) is 0. The molecule has 28 heavy (non-hydrogen) atoms. The Hall–Kier alpha value is -2.15. The average Bonchev–Trinajstić information content (AvgIpc) is 3.30. The molecule has 2 aromatic heterocycles. The van der Waals surface area contributed by atoms with Gasteiger partial charge in [-0.3, -0.25) is 9.48 Å². The minimum atomic E-state index is 0.203. The van der Waals surface area contributed by atoms with Gasteiger partial charge in [-0.1, -0.05) is 19.1 Å². The van der Waals surface area contributed by atoms with Crippen molar-refractivity contribution in [3.8, 4) is 0 Å². The van der Waals surface area contributed by atoms with Crippen molar-refractivity contribution in [3.05, 3.63) is 47.0 Å². The number of carbonyl (C=O) groups excluding carboxylic acids is 1. The molecule has 0 saturated carbocycles. The molecule has 1 amide bonds. The third-order valence-corrected chi connectivity index (χ3v) is 5.84. The highest BCUT2D eigenvalue weighted by Crippen LogP contribution is 2.30. The molecule has 1 unspecified atom stereocenters. The Labute approximate surface area is 173 Å². The van der Waals surface area contributed by atoms with Gasteiger partial charge in [-0.15, -0.1) is 0 Å². The Morgan fingerprint density at radius 2 is 2.14 bits per heavy atom. The molecule has 3 heterocycles. The maximum absolute atomic E-state index is 12.8. The van der Waals surface area contributed by atoms with Gasteiger partial charge in [-0.25, -0.2) is 4.98 Å². The molecule has 0 spiro atoms. The third kappa shape index (κ3) is 3.99. The molecule has 1 fully saturated rings. The van der Waals surface area contributed by atoms with Crippen LogP contribution in [0.4, 0.5) is 0 Å². The number of nitrogens with zero attached hydrogens (tertiary/aromatic N) is 5. The Morgan fingerprint density at radius 3 is 2.93 bits per heavy atom. The SMILES string of the molecule is CCCn1c(C2CCCN(C(=O)CCn3cc(Br)cn3)C2)nc2ccccc21. The maximum atomic E-state index is 12.8.